The van der Waals surface area contributed by atoms with Crippen LogP contribution >= 0.6 is 23.1 Å². The normalized spacial score (nSPS) is 10.6. The van der Waals surface area contributed by atoms with Crippen molar-refractivity contribution in [1.29, 1.82) is 0 Å². The highest BCUT2D eigenvalue weighted by molar-refractivity contribution is 8.00. The number of amides is 1. The lowest BCUT2D eigenvalue weighted by Crippen LogP contribution is -2.11. The topological polar surface area (TPSA) is 99.4 Å². The van der Waals surface area contributed by atoms with Gasteiger partial charge in [0.1, 0.15) is 0 Å². The van der Waals surface area contributed by atoms with E-state index in [4.69, 9.17) is 14.0 Å². The van der Waals surface area contributed by atoms with Gasteiger partial charge in [-0.2, -0.15) is 0 Å². The maximum Gasteiger partial charge on any atom is 0.279 e. The van der Waals surface area contributed by atoms with Crippen LogP contribution in [0.25, 0.3) is 11.3 Å². The van der Waals surface area contributed by atoms with Crippen molar-refractivity contribution in [3.8, 4) is 22.8 Å². The number of nitrogens with zero attached hydrogens (tertiary/aromatic N) is 3. The lowest BCUT2D eigenvalue weighted by Gasteiger charge is -2.07. The highest BCUT2D eigenvalue weighted by Crippen LogP contribution is 2.33. The summed E-state index contributed by atoms with van der Waals surface area (Å²) in [6.07, 6.45) is 0. The van der Waals surface area contributed by atoms with Gasteiger partial charge in [-0.15, -0.1) is 10.2 Å². The van der Waals surface area contributed by atoms with Gasteiger partial charge in [0.2, 0.25) is 5.13 Å². The molecular formula is C21H18N4O4S2. The highest BCUT2D eigenvalue weighted by Gasteiger charge is 2.17. The molecular weight excluding hydrogens is 436 g/mol. The van der Waals surface area contributed by atoms with Crippen LogP contribution in [0.3, 0.4) is 0 Å². The van der Waals surface area contributed by atoms with Gasteiger partial charge in [0.25, 0.3) is 5.91 Å². The second-order valence-corrected chi connectivity index (χ2v) is 8.45. The summed E-state index contributed by atoms with van der Waals surface area (Å²) in [6, 6.07) is 16.9. The lowest BCUT2D eigenvalue weighted by molar-refractivity contribution is 0.101. The summed E-state index contributed by atoms with van der Waals surface area (Å²) in [4.78, 5) is 12.5. The van der Waals surface area contributed by atoms with Crippen LogP contribution < -0.4 is 14.8 Å². The number of hydrogen-bond donors (Lipinski definition) is 1. The molecule has 0 bridgehead atoms. The molecule has 0 radical (unpaired) electrons. The van der Waals surface area contributed by atoms with E-state index in [2.05, 4.69) is 32.8 Å². The van der Waals surface area contributed by atoms with Crippen LogP contribution in [0, 0.1) is 0 Å². The smallest absolute Gasteiger partial charge is 0.279 e. The Kier molecular flexibility index (Phi) is 6.48. The number of rotatable bonds is 8. The Bertz CT molecular complexity index is 1180. The molecule has 1 amide bonds. The van der Waals surface area contributed by atoms with Gasteiger partial charge in [-0.25, -0.2) is 0 Å². The average molecular weight is 455 g/mol. The second kappa shape index (κ2) is 9.63. The first kappa shape index (κ1) is 20.9. The van der Waals surface area contributed by atoms with E-state index < -0.39 is 5.91 Å². The summed E-state index contributed by atoms with van der Waals surface area (Å²) < 4.78 is 16.6. The number of nitrogens with one attached hydrogen (secondary N) is 1. The van der Waals surface area contributed by atoms with Gasteiger partial charge in [-0.05, 0) is 23.8 Å². The molecule has 4 aromatic rings. The number of methoxy groups -OCH3 is 2. The summed E-state index contributed by atoms with van der Waals surface area (Å²) in [5.74, 6) is 1.94. The first-order valence-electron chi connectivity index (χ1n) is 9.17. The number of carbonyl (C=O) groups is 1. The summed E-state index contributed by atoms with van der Waals surface area (Å²) in [7, 11) is 3.11. The van der Waals surface area contributed by atoms with Crippen LogP contribution in [-0.4, -0.2) is 35.5 Å². The molecule has 0 unspecified atom stereocenters. The number of benzene rings is 2. The zero-order chi connectivity index (χ0) is 21.6. The zero-order valence-electron chi connectivity index (χ0n) is 16.7. The molecule has 158 valence electrons. The number of thioether (sulfide) groups is 1. The van der Waals surface area contributed by atoms with E-state index in [1.54, 1.807) is 50.2 Å². The third-order valence-corrected chi connectivity index (χ3v) is 6.29. The van der Waals surface area contributed by atoms with Crippen molar-refractivity contribution in [1.82, 2.24) is 15.4 Å². The third kappa shape index (κ3) is 5.04. The number of hydrogen-bond acceptors (Lipinski definition) is 9. The number of anilines is 1. The predicted molar refractivity (Wildman–Crippen MR) is 119 cm³/mol. The minimum atomic E-state index is -0.425. The van der Waals surface area contributed by atoms with Crippen LogP contribution in [-0.2, 0) is 5.75 Å². The fraction of sp³-hybridized carbons (Fsp3) is 0.143. The molecule has 2 aromatic heterocycles. The zero-order valence-corrected chi connectivity index (χ0v) is 18.3. The molecule has 0 atom stereocenters. The Morgan fingerprint density at radius 3 is 2.65 bits per heavy atom. The van der Waals surface area contributed by atoms with Gasteiger partial charge in [-0.3, -0.25) is 10.1 Å². The quantitative estimate of drug-likeness (QED) is 0.301. The van der Waals surface area contributed by atoms with E-state index in [9.17, 15) is 4.79 Å². The molecule has 1 N–H and O–H groups in total. The second-order valence-electron chi connectivity index (χ2n) is 6.25. The Morgan fingerprint density at radius 2 is 1.87 bits per heavy atom. The van der Waals surface area contributed by atoms with Gasteiger partial charge in [-0.1, -0.05) is 58.6 Å². The molecule has 0 fully saturated rings. The fourth-order valence-corrected chi connectivity index (χ4v) is 4.41. The Morgan fingerprint density at radius 1 is 1.06 bits per heavy atom. The third-order valence-electron chi connectivity index (χ3n) is 4.24. The monoisotopic (exact) mass is 454 g/mol. The molecule has 10 heteroatoms. The van der Waals surface area contributed by atoms with E-state index in [1.807, 2.05) is 18.2 Å². The molecule has 31 heavy (non-hydrogen) atoms. The van der Waals surface area contributed by atoms with E-state index in [1.165, 1.54) is 16.9 Å². The number of carbonyl (C=O) groups excluding carboxylic acids is 1. The van der Waals surface area contributed by atoms with Crippen molar-refractivity contribution in [2.24, 2.45) is 0 Å². The SMILES string of the molecule is COc1ccc(-c2cc(C(=O)Nc3nnc(SCc4ccccc4)s3)no2)cc1OC. The molecule has 0 spiro atoms. The highest BCUT2D eigenvalue weighted by atomic mass is 32.2. The van der Waals surface area contributed by atoms with E-state index in [-0.39, 0.29) is 5.69 Å². The van der Waals surface area contributed by atoms with Gasteiger partial charge >= 0.3 is 0 Å². The van der Waals surface area contributed by atoms with Crippen LogP contribution in [0.15, 0.2) is 63.5 Å². The van der Waals surface area contributed by atoms with Crippen LogP contribution in [0.1, 0.15) is 16.1 Å². The van der Waals surface area contributed by atoms with Gasteiger partial charge in [0.05, 0.1) is 14.2 Å². The molecule has 0 saturated carbocycles. The average Bonchev–Trinajstić information content (AvgIpc) is 3.48. The predicted octanol–water partition coefficient (Wildman–Crippen LogP) is 4.75. The molecule has 2 aromatic carbocycles. The molecule has 0 saturated heterocycles. The van der Waals surface area contributed by atoms with E-state index >= 15 is 0 Å². The Balaban J connectivity index is 1.40. The van der Waals surface area contributed by atoms with Crippen molar-refractivity contribution in [3.63, 3.8) is 0 Å². The largest absolute Gasteiger partial charge is 0.493 e. The van der Waals surface area contributed by atoms with Crippen molar-refractivity contribution < 1.29 is 18.8 Å². The minimum Gasteiger partial charge on any atom is -0.493 e. The summed E-state index contributed by atoms with van der Waals surface area (Å²) in [5.41, 5.74) is 2.04. The maximum absolute atomic E-state index is 12.5. The van der Waals surface area contributed by atoms with E-state index in [0.717, 1.165) is 10.1 Å². The van der Waals surface area contributed by atoms with Crippen LogP contribution in [0.2, 0.25) is 0 Å². The Labute approximate surface area is 186 Å². The fourth-order valence-electron chi connectivity index (χ4n) is 2.71. The van der Waals surface area contributed by atoms with Gasteiger partial charge in [0.15, 0.2) is 27.3 Å². The first-order valence-corrected chi connectivity index (χ1v) is 11.0. The molecule has 0 aliphatic carbocycles. The standard InChI is InChI=1S/C21H18N4O4S2/c1-27-16-9-8-14(10-18(16)28-2)17-11-15(25-29-17)19(26)22-20-23-24-21(31-20)30-12-13-6-4-3-5-7-13/h3-11H,12H2,1-2H3,(H,22,23,26). The van der Waals surface area contributed by atoms with Crippen molar-refractivity contribution >= 4 is 34.1 Å². The van der Waals surface area contributed by atoms with Crippen molar-refractivity contribution in [3.05, 3.63) is 65.9 Å². The summed E-state index contributed by atoms with van der Waals surface area (Å²) in [5, 5.41) is 15.1. The first-order chi connectivity index (χ1) is 15.2. The molecule has 4 rings (SSSR count). The summed E-state index contributed by atoms with van der Waals surface area (Å²) in [6.45, 7) is 0. The van der Waals surface area contributed by atoms with Crippen molar-refractivity contribution in [2.45, 2.75) is 10.1 Å². The Hall–Kier alpha value is -3.37. The molecule has 0 aliphatic heterocycles. The number of aromatic nitrogens is 3. The van der Waals surface area contributed by atoms with Gasteiger partial charge in [0, 0.05) is 17.4 Å². The summed E-state index contributed by atoms with van der Waals surface area (Å²) >= 11 is 2.87. The molecule has 0 aliphatic rings. The maximum atomic E-state index is 12.5. The number of ether oxygens (including phenoxy) is 2. The van der Waals surface area contributed by atoms with Gasteiger partial charge < -0.3 is 14.0 Å². The molecule has 8 nitrogen and oxygen atoms in total. The molecule has 2 heterocycles. The van der Waals surface area contributed by atoms with Crippen LogP contribution in [0.5, 0.6) is 11.5 Å². The minimum absolute atomic E-state index is 0.137. The van der Waals surface area contributed by atoms with Crippen molar-refractivity contribution in [2.75, 3.05) is 19.5 Å². The van der Waals surface area contributed by atoms with E-state index in [0.29, 0.717) is 28.0 Å². The lowest BCUT2D eigenvalue weighted by atomic mass is 10.1. The van der Waals surface area contributed by atoms with Crippen LogP contribution in [0.4, 0.5) is 5.13 Å².